The lowest BCUT2D eigenvalue weighted by Gasteiger charge is -2.26. The lowest BCUT2D eigenvalue weighted by Crippen LogP contribution is -2.34. The molecule has 0 atom stereocenters. The van der Waals surface area contributed by atoms with Crippen LogP contribution in [0.25, 0.3) is 0 Å². The van der Waals surface area contributed by atoms with Crippen LogP contribution in [0.15, 0.2) is 12.7 Å². The molecule has 0 saturated heterocycles. The van der Waals surface area contributed by atoms with Gasteiger partial charge in [-0.2, -0.15) is 0 Å². The maximum atomic E-state index is 9.25. The minimum absolute atomic E-state index is 0.677. The van der Waals surface area contributed by atoms with Crippen LogP contribution in [-0.4, -0.2) is 38.4 Å². The SMILES string of the molecule is C=CC(=O)O.CCC(OC)(OC)OC. The van der Waals surface area contributed by atoms with E-state index in [0.717, 1.165) is 6.08 Å². The molecule has 14 heavy (non-hydrogen) atoms. The summed E-state index contributed by atoms with van der Waals surface area (Å²) in [5.74, 6) is -1.81. The minimum atomic E-state index is -0.981. The van der Waals surface area contributed by atoms with Gasteiger partial charge in [0.05, 0.1) is 0 Å². The molecule has 0 aliphatic carbocycles. The predicted octanol–water partition coefficient (Wildman–Crippen LogP) is 1.25. The number of hydrogen-bond acceptors (Lipinski definition) is 4. The van der Waals surface area contributed by atoms with Crippen LogP contribution in [0.2, 0.25) is 0 Å². The monoisotopic (exact) mass is 206 g/mol. The average molecular weight is 206 g/mol. The van der Waals surface area contributed by atoms with Gasteiger partial charge in [0.2, 0.25) is 0 Å². The molecule has 5 heteroatoms. The van der Waals surface area contributed by atoms with Gasteiger partial charge >= 0.3 is 5.97 Å². The molecule has 0 aromatic carbocycles. The third kappa shape index (κ3) is 6.59. The minimum Gasteiger partial charge on any atom is -0.478 e. The van der Waals surface area contributed by atoms with Crippen molar-refractivity contribution in [3.63, 3.8) is 0 Å². The van der Waals surface area contributed by atoms with Gasteiger partial charge in [-0.25, -0.2) is 4.79 Å². The van der Waals surface area contributed by atoms with Crippen molar-refractivity contribution >= 4 is 5.97 Å². The summed E-state index contributed by atoms with van der Waals surface area (Å²) < 4.78 is 14.8. The molecule has 0 bridgehead atoms. The second kappa shape index (κ2) is 8.68. The second-order valence-corrected chi connectivity index (χ2v) is 2.19. The molecule has 0 fully saturated rings. The lowest BCUT2D eigenvalue weighted by molar-refractivity contribution is -0.352. The Labute approximate surface area is 84.3 Å². The first-order valence-electron chi connectivity index (χ1n) is 4.02. The highest BCUT2D eigenvalue weighted by Gasteiger charge is 2.25. The molecule has 1 N–H and O–H groups in total. The standard InChI is InChI=1S/C6H14O3.C3H4O2/c1-5-6(7-2,8-3)9-4;1-2-3(4)5/h5H2,1-4H3;2H,1H2,(H,4,5). The Morgan fingerprint density at radius 3 is 1.64 bits per heavy atom. The van der Waals surface area contributed by atoms with Crippen molar-refractivity contribution in [3.8, 4) is 0 Å². The molecule has 84 valence electrons. The van der Waals surface area contributed by atoms with Crippen LogP contribution in [0.1, 0.15) is 13.3 Å². The van der Waals surface area contributed by atoms with Crippen LogP contribution in [-0.2, 0) is 19.0 Å². The number of aliphatic carboxylic acids is 1. The quantitative estimate of drug-likeness (QED) is 0.541. The Hall–Kier alpha value is -0.910. The first kappa shape index (κ1) is 15.6. The van der Waals surface area contributed by atoms with Crippen LogP contribution in [0, 0.1) is 0 Å². The van der Waals surface area contributed by atoms with Gasteiger partial charge < -0.3 is 19.3 Å². The molecular formula is C9H18O5. The highest BCUT2D eigenvalue weighted by atomic mass is 16.9. The van der Waals surface area contributed by atoms with Gasteiger partial charge in [-0.3, -0.25) is 0 Å². The van der Waals surface area contributed by atoms with Gasteiger partial charge in [-0.15, -0.1) is 0 Å². The third-order valence-electron chi connectivity index (χ3n) is 1.54. The van der Waals surface area contributed by atoms with Crippen molar-refractivity contribution < 1.29 is 24.1 Å². The second-order valence-electron chi connectivity index (χ2n) is 2.19. The molecule has 0 saturated carbocycles. The van der Waals surface area contributed by atoms with Gasteiger partial charge in [0.1, 0.15) is 0 Å². The lowest BCUT2D eigenvalue weighted by atomic mass is 10.4. The largest absolute Gasteiger partial charge is 0.478 e. The van der Waals surface area contributed by atoms with Crippen LogP contribution < -0.4 is 0 Å². The molecule has 0 unspecified atom stereocenters. The van der Waals surface area contributed by atoms with E-state index < -0.39 is 11.9 Å². The fraction of sp³-hybridized carbons (Fsp3) is 0.667. The van der Waals surface area contributed by atoms with Crippen LogP contribution in [0.4, 0.5) is 0 Å². The van der Waals surface area contributed by atoms with E-state index in [-0.39, 0.29) is 0 Å². The highest BCUT2D eigenvalue weighted by Crippen LogP contribution is 2.15. The van der Waals surface area contributed by atoms with Crippen molar-refractivity contribution in [2.75, 3.05) is 21.3 Å². The van der Waals surface area contributed by atoms with E-state index in [9.17, 15) is 4.79 Å². The van der Waals surface area contributed by atoms with Crippen LogP contribution in [0.3, 0.4) is 0 Å². The zero-order valence-corrected chi connectivity index (χ0v) is 9.07. The molecule has 0 rings (SSSR count). The third-order valence-corrected chi connectivity index (χ3v) is 1.54. The fourth-order valence-corrected chi connectivity index (χ4v) is 0.683. The van der Waals surface area contributed by atoms with Crippen LogP contribution >= 0.6 is 0 Å². The first-order valence-corrected chi connectivity index (χ1v) is 4.02. The van der Waals surface area contributed by atoms with E-state index in [0.29, 0.717) is 6.42 Å². The highest BCUT2D eigenvalue weighted by molar-refractivity contribution is 5.78. The topological polar surface area (TPSA) is 65.0 Å². The summed E-state index contributed by atoms with van der Waals surface area (Å²) >= 11 is 0. The number of carbonyl (C=O) groups is 1. The molecule has 0 spiro atoms. The molecule has 0 aromatic rings. The Bertz CT molecular complexity index is 145. The summed E-state index contributed by atoms with van der Waals surface area (Å²) in [7, 11) is 4.66. The summed E-state index contributed by atoms with van der Waals surface area (Å²) in [5.41, 5.74) is 0. The maximum Gasteiger partial charge on any atom is 0.327 e. The Balaban J connectivity index is 0. The van der Waals surface area contributed by atoms with E-state index in [4.69, 9.17) is 19.3 Å². The summed E-state index contributed by atoms with van der Waals surface area (Å²) in [4.78, 5) is 9.25. The van der Waals surface area contributed by atoms with Gasteiger partial charge in [-0.1, -0.05) is 13.5 Å². The smallest absolute Gasteiger partial charge is 0.327 e. The number of carboxylic acids is 1. The number of methoxy groups -OCH3 is 3. The summed E-state index contributed by atoms with van der Waals surface area (Å²) in [6.07, 6.45) is 1.51. The van der Waals surface area contributed by atoms with E-state index in [2.05, 4.69) is 6.58 Å². The first-order chi connectivity index (χ1) is 6.51. The Morgan fingerprint density at radius 1 is 1.36 bits per heavy atom. The summed E-state index contributed by atoms with van der Waals surface area (Å²) in [5, 5.41) is 7.60. The van der Waals surface area contributed by atoms with Gasteiger partial charge in [0, 0.05) is 33.8 Å². The molecular weight excluding hydrogens is 188 g/mol. The normalized spacial score (nSPS) is 10.0. The van der Waals surface area contributed by atoms with E-state index in [1.807, 2.05) is 6.92 Å². The van der Waals surface area contributed by atoms with Crippen molar-refractivity contribution in [1.29, 1.82) is 0 Å². The van der Waals surface area contributed by atoms with Crippen molar-refractivity contribution in [3.05, 3.63) is 12.7 Å². The molecule has 0 radical (unpaired) electrons. The van der Waals surface area contributed by atoms with Crippen molar-refractivity contribution in [2.45, 2.75) is 19.3 Å². The number of hydrogen-bond donors (Lipinski definition) is 1. The van der Waals surface area contributed by atoms with E-state index in [1.165, 1.54) is 0 Å². The number of rotatable bonds is 5. The van der Waals surface area contributed by atoms with Gasteiger partial charge in [0.25, 0.3) is 5.97 Å². The Morgan fingerprint density at radius 2 is 1.64 bits per heavy atom. The molecule has 5 nitrogen and oxygen atoms in total. The van der Waals surface area contributed by atoms with Crippen molar-refractivity contribution in [1.82, 2.24) is 0 Å². The zero-order valence-electron chi connectivity index (χ0n) is 9.07. The molecule has 0 aliphatic heterocycles. The maximum absolute atomic E-state index is 9.25. The van der Waals surface area contributed by atoms with Crippen LogP contribution in [0.5, 0.6) is 0 Å². The molecule has 0 heterocycles. The summed E-state index contributed by atoms with van der Waals surface area (Å²) in [6.45, 7) is 4.89. The summed E-state index contributed by atoms with van der Waals surface area (Å²) in [6, 6.07) is 0. The van der Waals surface area contributed by atoms with Gasteiger partial charge in [0.15, 0.2) is 0 Å². The molecule has 0 amide bonds. The van der Waals surface area contributed by atoms with Gasteiger partial charge in [-0.05, 0) is 0 Å². The molecule has 0 aromatic heterocycles. The van der Waals surface area contributed by atoms with E-state index in [1.54, 1.807) is 21.3 Å². The number of ether oxygens (including phenoxy) is 3. The average Bonchev–Trinajstić information content (AvgIpc) is 2.23. The predicted molar refractivity (Wildman–Crippen MR) is 51.9 cm³/mol. The van der Waals surface area contributed by atoms with E-state index >= 15 is 0 Å². The zero-order chi connectivity index (χ0) is 11.6. The Kier molecular flexibility index (Phi) is 9.64. The van der Waals surface area contributed by atoms with Crippen molar-refractivity contribution in [2.24, 2.45) is 0 Å². The molecule has 0 aliphatic rings. The number of carboxylic acid groups (broad SMARTS) is 1. The fourth-order valence-electron chi connectivity index (χ4n) is 0.683.